The molecule has 0 atom stereocenters. The summed E-state index contributed by atoms with van der Waals surface area (Å²) in [5.74, 6) is 0.522. The summed E-state index contributed by atoms with van der Waals surface area (Å²) in [7, 11) is 0. The standard InChI is InChI=1S/C20H27N5O/c26-20-5-4-19(18-6-8-21-9-7-18)22-25(20)16-17-14-24(15-17)13-12-23-10-2-1-3-11-23/h4-9,17H,1-3,10-16H2. The van der Waals surface area contributed by atoms with Crippen LogP contribution >= 0.6 is 0 Å². The number of hydrogen-bond acceptors (Lipinski definition) is 5. The van der Waals surface area contributed by atoms with E-state index >= 15 is 0 Å². The van der Waals surface area contributed by atoms with Crippen LogP contribution in [-0.2, 0) is 6.54 Å². The van der Waals surface area contributed by atoms with Gasteiger partial charge in [-0.25, -0.2) is 4.68 Å². The average Bonchev–Trinajstić information content (AvgIpc) is 2.66. The summed E-state index contributed by atoms with van der Waals surface area (Å²) in [5, 5.41) is 4.56. The molecule has 2 aromatic rings. The van der Waals surface area contributed by atoms with Gasteiger partial charge in [0.15, 0.2) is 0 Å². The van der Waals surface area contributed by atoms with E-state index < -0.39 is 0 Å². The fraction of sp³-hybridized carbons (Fsp3) is 0.550. The van der Waals surface area contributed by atoms with Gasteiger partial charge in [0.05, 0.1) is 12.2 Å². The van der Waals surface area contributed by atoms with Crippen LogP contribution in [0.1, 0.15) is 19.3 Å². The first kappa shape index (κ1) is 17.4. The summed E-state index contributed by atoms with van der Waals surface area (Å²) in [6.45, 7) is 7.70. The Morgan fingerprint density at radius 3 is 2.42 bits per heavy atom. The van der Waals surface area contributed by atoms with E-state index in [-0.39, 0.29) is 5.56 Å². The van der Waals surface area contributed by atoms with Crippen molar-refractivity contribution in [1.82, 2.24) is 24.6 Å². The van der Waals surface area contributed by atoms with E-state index in [4.69, 9.17) is 0 Å². The molecule has 26 heavy (non-hydrogen) atoms. The Morgan fingerprint density at radius 1 is 0.923 bits per heavy atom. The molecule has 2 aliphatic rings. The van der Waals surface area contributed by atoms with Crippen molar-refractivity contribution in [2.24, 2.45) is 5.92 Å². The highest BCUT2D eigenvalue weighted by atomic mass is 16.1. The molecule has 0 radical (unpaired) electrons. The Balaban J connectivity index is 1.29. The molecular weight excluding hydrogens is 326 g/mol. The zero-order chi connectivity index (χ0) is 17.8. The first-order chi connectivity index (χ1) is 12.8. The van der Waals surface area contributed by atoms with Gasteiger partial charge in [0.1, 0.15) is 0 Å². The number of nitrogens with zero attached hydrogens (tertiary/aromatic N) is 5. The summed E-state index contributed by atoms with van der Waals surface area (Å²) in [6.07, 6.45) is 7.59. The van der Waals surface area contributed by atoms with Crippen LogP contribution in [0, 0.1) is 5.92 Å². The highest BCUT2D eigenvalue weighted by molar-refractivity contribution is 5.56. The van der Waals surface area contributed by atoms with Gasteiger partial charge in [-0.2, -0.15) is 5.10 Å². The zero-order valence-electron chi connectivity index (χ0n) is 15.3. The van der Waals surface area contributed by atoms with Gasteiger partial charge < -0.3 is 9.80 Å². The maximum absolute atomic E-state index is 12.2. The third kappa shape index (κ3) is 4.19. The van der Waals surface area contributed by atoms with Crippen LogP contribution in [0.3, 0.4) is 0 Å². The van der Waals surface area contributed by atoms with Gasteiger partial charge in [-0.3, -0.25) is 9.78 Å². The van der Waals surface area contributed by atoms with Crippen LogP contribution in [0.15, 0.2) is 41.5 Å². The Morgan fingerprint density at radius 2 is 1.65 bits per heavy atom. The molecule has 0 saturated carbocycles. The van der Waals surface area contributed by atoms with Gasteiger partial charge in [0, 0.05) is 56.1 Å². The summed E-state index contributed by atoms with van der Waals surface area (Å²) < 4.78 is 1.63. The number of aromatic nitrogens is 3. The van der Waals surface area contributed by atoms with Crippen LogP contribution in [0.2, 0.25) is 0 Å². The molecule has 2 saturated heterocycles. The van der Waals surface area contributed by atoms with Crippen molar-refractivity contribution in [3.05, 3.63) is 47.0 Å². The van der Waals surface area contributed by atoms with Gasteiger partial charge in [-0.1, -0.05) is 6.42 Å². The summed E-state index contributed by atoms with van der Waals surface area (Å²) in [4.78, 5) is 21.3. The fourth-order valence-electron chi connectivity index (χ4n) is 3.94. The number of hydrogen-bond donors (Lipinski definition) is 0. The summed E-state index contributed by atoms with van der Waals surface area (Å²) >= 11 is 0. The molecule has 4 rings (SSSR count). The molecule has 6 nitrogen and oxygen atoms in total. The maximum Gasteiger partial charge on any atom is 0.266 e. The Bertz CT molecular complexity index is 763. The van der Waals surface area contributed by atoms with E-state index in [0.29, 0.717) is 12.5 Å². The maximum atomic E-state index is 12.2. The Labute approximate surface area is 154 Å². The quantitative estimate of drug-likeness (QED) is 0.792. The normalized spacial score (nSPS) is 19.4. The van der Waals surface area contributed by atoms with Gasteiger partial charge in [0.25, 0.3) is 5.56 Å². The van der Waals surface area contributed by atoms with Crippen molar-refractivity contribution in [1.29, 1.82) is 0 Å². The molecule has 4 heterocycles. The molecule has 0 N–H and O–H groups in total. The lowest BCUT2D eigenvalue weighted by atomic mass is 10.00. The molecule has 0 unspecified atom stereocenters. The molecule has 2 aliphatic heterocycles. The van der Waals surface area contributed by atoms with Crippen molar-refractivity contribution < 1.29 is 0 Å². The first-order valence-electron chi connectivity index (χ1n) is 9.71. The van der Waals surface area contributed by atoms with Crippen molar-refractivity contribution in [3.63, 3.8) is 0 Å². The van der Waals surface area contributed by atoms with Crippen LogP contribution in [0.4, 0.5) is 0 Å². The Hall–Kier alpha value is -2.05. The van der Waals surface area contributed by atoms with Crippen LogP contribution in [0.25, 0.3) is 11.3 Å². The predicted molar refractivity (Wildman–Crippen MR) is 102 cm³/mol. The molecule has 0 aliphatic carbocycles. The van der Waals surface area contributed by atoms with Crippen molar-refractivity contribution in [3.8, 4) is 11.3 Å². The molecule has 2 aromatic heterocycles. The topological polar surface area (TPSA) is 54.3 Å². The summed E-state index contributed by atoms with van der Waals surface area (Å²) in [6, 6.07) is 7.25. The number of rotatable bonds is 6. The van der Waals surface area contributed by atoms with Crippen molar-refractivity contribution >= 4 is 0 Å². The summed E-state index contributed by atoms with van der Waals surface area (Å²) in [5.41, 5.74) is 1.80. The SMILES string of the molecule is O=c1ccc(-c2ccncc2)nn1CC1CN(CCN2CCCCC2)C1. The van der Waals surface area contributed by atoms with E-state index in [1.165, 1.54) is 38.9 Å². The minimum absolute atomic E-state index is 0.0189. The lowest BCUT2D eigenvalue weighted by Crippen LogP contribution is -2.52. The number of pyridine rings is 1. The fourth-order valence-corrected chi connectivity index (χ4v) is 3.94. The second-order valence-corrected chi connectivity index (χ2v) is 7.50. The molecule has 0 bridgehead atoms. The van der Waals surface area contributed by atoms with E-state index in [0.717, 1.165) is 30.9 Å². The molecule has 2 fully saturated rings. The van der Waals surface area contributed by atoms with Crippen LogP contribution in [-0.4, -0.2) is 63.8 Å². The highest BCUT2D eigenvalue weighted by Crippen LogP contribution is 2.18. The van der Waals surface area contributed by atoms with Gasteiger partial charge in [-0.05, 0) is 44.1 Å². The zero-order valence-corrected chi connectivity index (χ0v) is 15.3. The third-order valence-corrected chi connectivity index (χ3v) is 5.49. The minimum Gasteiger partial charge on any atom is -0.302 e. The smallest absolute Gasteiger partial charge is 0.266 e. The second-order valence-electron chi connectivity index (χ2n) is 7.50. The predicted octanol–water partition coefficient (Wildman–Crippen LogP) is 1.72. The molecule has 0 spiro atoms. The first-order valence-corrected chi connectivity index (χ1v) is 9.71. The van der Waals surface area contributed by atoms with E-state index in [1.807, 2.05) is 12.1 Å². The monoisotopic (exact) mass is 353 g/mol. The van der Waals surface area contributed by atoms with Gasteiger partial charge in [-0.15, -0.1) is 0 Å². The lowest BCUT2D eigenvalue weighted by molar-refractivity contribution is 0.0686. The van der Waals surface area contributed by atoms with Gasteiger partial charge in [0.2, 0.25) is 0 Å². The molecule has 6 heteroatoms. The molecule has 138 valence electrons. The number of piperidine rings is 1. The van der Waals surface area contributed by atoms with Crippen molar-refractivity contribution in [2.75, 3.05) is 39.3 Å². The van der Waals surface area contributed by atoms with E-state index in [9.17, 15) is 4.79 Å². The van der Waals surface area contributed by atoms with Crippen molar-refractivity contribution in [2.45, 2.75) is 25.8 Å². The molecule has 0 amide bonds. The highest BCUT2D eigenvalue weighted by Gasteiger charge is 2.27. The third-order valence-electron chi connectivity index (χ3n) is 5.49. The lowest BCUT2D eigenvalue weighted by Gasteiger charge is -2.40. The van der Waals surface area contributed by atoms with Gasteiger partial charge >= 0.3 is 0 Å². The number of likely N-dealkylation sites (tertiary alicyclic amines) is 2. The van der Waals surface area contributed by atoms with Crippen LogP contribution in [0.5, 0.6) is 0 Å². The average molecular weight is 353 g/mol. The second kappa shape index (κ2) is 8.10. The van der Waals surface area contributed by atoms with E-state index in [2.05, 4.69) is 19.9 Å². The molecule has 0 aromatic carbocycles. The largest absolute Gasteiger partial charge is 0.302 e. The Kier molecular flexibility index (Phi) is 5.41. The molecular formula is C20H27N5O. The van der Waals surface area contributed by atoms with Crippen LogP contribution < -0.4 is 5.56 Å². The van der Waals surface area contributed by atoms with E-state index in [1.54, 1.807) is 29.2 Å². The minimum atomic E-state index is -0.0189.